The first kappa shape index (κ1) is 20.3. The summed E-state index contributed by atoms with van der Waals surface area (Å²) in [5.74, 6) is -1.79. The molecule has 1 aromatic heterocycles. The molecule has 0 saturated carbocycles. The summed E-state index contributed by atoms with van der Waals surface area (Å²) in [6.07, 6.45) is 0. The first-order valence-corrected chi connectivity index (χ1v) is 9.50. The Labute approximate surface area is 157 Å². The average Bonchev–Trinajstić information content (AvgIpc) is 2.98. The molecule has 144 valence electrons. The van der Waals surface area contributed by atoms with Crippen molar-refractivity contribution in [3.8, 4) is 0 Å². The van der Waals surface area contributed by atoms with Gasteiger partial charge in [-0.05, 0) is 18.6 Å². The van der Waals surface area contributed by atoms with Gasteiger partial charge in [0.1, 0.15) is 10.6 Å². The van der Waals surface area contributed by atoms with E-state index in [0.29, 0.717) is 11.3 Å². The molecule has 1 N–H and O–H groups in total. The Kier molecular flexibility index (Phi) is 5.81. The Bertz CT molecular complexity index is 1030. The average molecular weight is 414 g/mol. The maximum atomic E-state index is 12.8. The number of sulfonamides is 1. The molecule has 0 fully saturated rings. The second-order valence-corrected chi connectivity index (χ2v) is 7.98. The number of nitrogens with zero attached hydrogens (tertiary/aromatic N) is 1. The number of hydrogen-bond acceptors (Lipinski definition) is 9. The van der Waals surface area contributed by atoms with Crippen LogP contribution in [-0.4, -0.2) is 39.5 Å². The normalized spacial score (nSPS) is 10.9. The maximum absolute atomic E-state index is 12.8. The van der Waals surface area contributed by atoms with Crippen molar-refractivity contribution < 1.29 is 32.4 Å². The highest BCUT2D eigenvalue weighted by atomic mass is 32.2. The van der Waals surface area contributed by atoms with Crippen molar-refractivity contribution in [1.29, 1.82) is 0 Å². The van der Waals surface area contributed by atoms with Gasteiger partial charge in [-0.1, -0.05) is 12.1 Å². The zero-order valence-electron chi connectivity index (χ0n) is 14.3. The molecule has 2 aromatic rings. The molecule has 0 unspecified atom stereocenters. The SMILES string of the molecule is COC(=O)c1sc(S(=O)(=O)Nc2ccccc2[N+](=O)[O-])c(C(=O)OC)c1C. The number of carbonyl (C=O) groups is 2. The van der Waals surface area contributed by atoms with Crippen LogP contribution in [0.4, 0.5) is 11.4 Å². The zero-order chi connectivity index (χ0) is 20.4. The minimum Gasteiger partial charge on any atom is -0.465 e. The van der Waals surface area contributed by atoms with Crippen LogP contribution in [0.15, 0.2) is 28.5 Å². The van der Waals surface area contributed by atoms with E-state index in [-0.39, 0.29) is 21.7 Å². The minimum absolute atomic E-state index is 0.0710. The molecule has 0 aliphatic rings. The van der Waals surface area contributed by atoms with Crippen LogP contribution in [0.5, 0.6) is 0 Å². The van der Waals surface area contributed by atoms with Crippen LogP contribution in [0.25, 0.3) is 0 Å². The Balaban J connectivity index is 2.64. The Morgan fingerprint density at radius 3 is 2.30 bits per heavy atom. The fraction of sp³-hybridized carbons (Fsp3) is 0.200. The van der Waals surface area contributed by atoms with Gasteiger partial charge in [0.25, 0.3) is 15.7 Å². The number of para-hydroxylation sites is 2. The van der Waals surface area contributed by atoms with Crippen molar-refractivity contribution in [2.45, 2.75) is 11.1 Å². The molecule has 0 amide bonds. The van der Waals surface area contributed by atoms with Gasteiger partial charge >= 0.3 is 11.9 Å². The Morgan fingerprint density at radius 1 is 1.15 bits per heavy atom. The molecule has 0 aliphatic heterocycles. The molecular weight excluding hydrogens is 400 g/mol. The van der Waals surface area contributed by atoms with Gasteiger partial charge in [-0.2, -0.15) is 0 Å². The molecular formula is C15H14N2O8S2. The molecule has 0 aliphatic carbocycles. The lowest BCUT2D eigenvalue weighted by molar-refractivity contribution is -0.383. The van der Waals surface area contributed by atoms with Crippen molar-refractivity contribution in [3.05, 3.63) is 50.4 Å². The molecule has 0 bridgehead atoms. The van der Waals surface area contributed by atoms with Crippen LogP contribution < -0.4 is 4.72 Å². The van der Waals surface area contributed by atoms with Crippen molar-refractivity contribution >= 4 is 44.7 Å². The van der Waals surface area contributed by atoms with E-state index in [9.17, 15) is 28.1 Å². The lowest BCUT2D eigenvalue weighted by atomic mass is 10.2. The van der Waals surface area contributed by atoms with E-state index in [4.69, 9.17) is 0 Å². The summed E-state index contributed by atoms with van der Waals surface area (Å²) >= 11 is 0.507. The van der Waals surface area contributed by atoms with E-state index in [1.54, 1.807) is 0 Å². The van der Waals surface area contributed by atoms with E-state index >= 15 is 0 Å². The zero-order valence-corrected chi connectivity index (χ0v) is 16.0. The summed E-state index contributed by atoms with van der Waals surface area (Å²) in [7, 11) is -2.27. The van der Waals surface area contributed by atoms with E-state index in [2.05, 4.69) is 14.2 Å². The van der Waals surface area contributed by atoms with Crippen LogP contribution >= 0.6 is 11.3 Å². The second kappa shape index (κ2) is 7.72. The number of benzene rings is 1. The van der Waals surface area contributed by atoms with Crippen LogP contribution in [-0.2, 0) is 19.5 Å². The predicted octanol–water partition coefficient (Wildman–Crippen LogP) is 2.34. The maximum Gasteiger partial charge on any atom is 0.348 e. The van der Waals surface area contributed by atoms with Crippen LogP contribution in [0.2, 0.25) is 0 Å². The number of nitro benzene ring substituents is 1. The smallest absolute Gasteiger partial charge is 0.348 e. The number of rotatable bonds is 6. The number of carbonyl (C=O) groups excluding carboxylic acids is 2. The number of methoxy groups -OCH3 is 2. The fourth-order valence-electron chi connectivity index (χ4n) is 2.21. The molecule has 27 heavy (non-hydrogen) atoms. The van der Waals surface area contributed by atoms with Gasteiger partial charge in [0, 0.05) is 6.07 Å². The number of nitrogens with one attached hydrogen (secondary N) is 1. The van der Waals surface area contributed by atoms with Gasteiger partial charge < -0.3 is 9.47 Å². The molecule has 2 rings (SSSR count). The molecule has 0 atom stereocenters. The first-order chi connectivity index (χ1) is 12.6. The number of nitro groups is 1. The second-order valence-electron chi connectivity index (χ2n) is 5.08. The van der Waals surface area contributed by atoms with Gasteiger partial charge in [-0.3, -0.25) is 14.8 Å². The highest BCUT2D eigenvalue weighted by Gasteiger charge is 2.33. The molecule has 12 heteroatoms. The molecule has 10 nitrogen and oxygen atoms in total. The third-order valence-electron chi connectivity index (χ3n) is 3.46. The summed E-state index contributed by atoms with van der Waals surface area (Å²) in [6.45, 7) is 1.37. The Morgan fingerprint density at radius 2 is 1.74 bits per heavy atom. The highest BCUT2D eigenvalue weighted by molar-refractivity contribution is 7.94. The summed E-state index contributed by atoms with van der Waals surface area (Å²) in [5.41, 5.74) is -1.03. The number of ether oxygens (including phenoxy) is 2. The minimum atomic E-state index is -4.44. The number of anilines is 1. The van der Waals surface area contributed by atoms with E-state index in [1.165, 1.54) is 25.1 Å². The third kappa shape index (κ3) is 3.90. The number of thiophene rings is 1. The molecule has 0 spiro atoms. The summed E-state index contributed by atoms with van der Waals surface area (Å²) in [6, 6.07) is 5.11. The highest BCUT2D eigenvalue weighted by Crippen LogP contribution is 2.35. The van der Waals surface area contributed by atoms with Crippen LogP contribution in [0.3, 0.4) is 0 Å². The van der Waals surface area contributed by atoms with E-state index in [1.807, 2.05) is 0 Å². The van der Waals surface area contributed by atoms with E-state index in [0.717, 1.165) is 20.3 Å². The lowest BCUT2D eigenvalue weighted by Crippen LogP contribution is -2.16. The lowest BCUT2D eigenvalue weighted by Gasteiger charge is -2.08. The molecule has 0 radical (unpaired) electrons. The van der Waals surface area contributed by atoms with Gasteiger partial charge in [0.15, 0.2) is 4.21 Å². The third-order valence-corrected chi connectivity index (χ3v) is 6.62. The summed E-state index contributed by atoms with van der Waals surface area (Å²) < 4.78 is 36.4. The quantitative estimate of drug-likeness (QED) is 0.431. The first-order valence-electron chi connectivity index (χ1n) is 7.20. The van der Waals surface area contributed by atoms with Crippen molar-refractivity contribution in [1.82, 2.24) is 0 Å². The van der Waals surface area contributed by atoms with Crippen LogP contribution in [0, 0.1) is 17.0 Å². The number of hydrogen-bond donors (Lipinski definition) is 1. The van der Waals surface area contributed by atoms with Crippen molar-refractivity contribution in [2.75, 3.05) is 18.9 Å². The van der Waals surface area contributed by atoms with Gasteiger partial charge in [0.05, 0.1) is 24.7 Å². The largest absolute Gasteiger partial charge is 0.465 e. The monoisotopic (exact) mass is 414 g/mol. The molecule has 1 heterocycles. The fourth-order valence-corrected chi connectivity index (χ4v) is 5.03. The molecule has 0 saturated heterocycles. The summed E-state index contributed by atoms with van der Waals surface area (Å²) in [4.78, 5) is 34.2. The summed E-state index contributed by atoms with van der Waals surface area (Å²) in [5, 5.41) is 11.1. The van der Waals surface area contributed by atoms with Gasteiger partial charge in [-0.25, -0.2) is 18.0 Å². The number of esters is 2. The van der Waals surface area contributed by atoms with Crippen molar-refractivity contribution in [2.24, 2.45) is 0 Å². The van der Waals surface area contributed by atoms with E-state index < -0.39 is 36.8 Å². The van der Waals surface area contributed by atoms with Gasteiger partial charge in [0.2, 0.25) is 0 Å². The molecule has 1 aromatic carbocycles. The topological polar surface area (TPSA) is 142 Å². The van der Waals surface area contributed by atoms with Crippen LogP contribution in [0.1, 0.15) is 25.6 Å². The standard InChI is InChI=1S/C15H14N2O8S2/c1-8-11(13(18)24-2)15(26-12(8)14(19)25-3)27(22,23)16-9-6-4-5-7-10(9)17(20)21/h4-7,16H,1-3H3. The predicted molar refractivity (Wildman–Crippen MR) is 95.6 cm³/mol. The Hall–Kier alpha value is -2.99. The van der Waals surface area contributed by atoms with Crippen molar-refractivity contribution in [3.63, 3.8) is 0 Å². The van der Waals surface area contributed by atoms with Gasteiger partial charge in [-0.15, -0.1) is 11.3 Å².